The fraction of sp³-hybridized carbons (Fsp3) is 1.00. The zero-order valence-electron chi connectivity index (χ0n) is 12.3. The van der Waals surface area contributed by atoms with Crippen LogP contribution in [0.2, 0.25) is 0 Å². The third-order valence-electron chi connectivity index (χ3n) is 0. The van der Waals surface area contributed by atoms with Crippen molar-refractivity contribution in [2.24, 2.45) is 29.2 Å². The van der Waals surface area contributed by atoms with Crippen LogP contribution in [0.15, 0.2) is 0 Å². The van der Waals surface area contributed by atoms with Gasteiger partial charge in [-0.05, 0) is 14.1 Å². The summed E-state index contributed by atoms with van der Waals surface area (Å²) in [6.07, 6.45) is 0. The monoisotopic (exact) mass is 260 g/mol. The molecule has 0 rings (SSSR count). The standard InChI is InChI=1S/C2H8N2.2C2H6.2CH6N2.CH4.H4N2/c1-4(2)3;2*1-2;2*1-3-2;;1-2/h3H2,1-2H3;2*1-2H3;2*3H,2H2,1H3;1H4;1-2H2. The summed E-state index contributed by atoms with van der Waals surface area (Å²) in [5.74, 6) is 22.1. The second kappa shape index (κ2) is 154. The van der Waals surface area contributed by atoms with E-state index in [0.717, 1.165) is 0 Å². The molecule has 0 aromatic heterocycles. The van der Waals surface area contributed by atoms with Gasteiger partial charge in [-0.15, -0.1) is 0 Å². The van der Waals surface area contributed by atoms with E-state index in [9.17, 15) is 0 Å². The fourth-order valence-electron chi connectivity index (χ4n) is 0. The highest BCUT2D eigenvalue weighted by atomic mass is 15.4. The third kappa shape index (κ3) is 28700. The van der Waals surface area contributed by atoms with Crippen molar-refractivity contribution in [3.63, 3.8) is 0 Å². The quantitative estimate of drug-likeness (QED) is 0.218. The predicted octanol–water partition coefficient (Wildman–Crippen LogP) is -0.912. The van der Waals surface area contributed by atoms with Crippen LogP contribution in [-0.4, -0.2) is 33.2 Å². The van der Waals surface area contributed by atoms with Crippen molar-refractivity contribution in [3.8, 4) is 0 Å². The Labute approximate surface area is 109 Å². The number of hydrazine groups is 4. The Kier molecular flexibility index (Phi) is 397. The van der Waals surface area contributed by atoms with Crippen LogP contribution in [0.5, 0.6) is 0 Å². The average molecular weight is 260 g/mol. The van der Waals surface area contributed by atoms with Gasteiger partial charge in [0.05, 0.1) is 0 Å². The molecule has 116 valence electrons. The summed E-state index contributed by atoms with van der Waals surface area (Å²) in [6.45, 7) is 8.00. The summed E-state index contributed by atoms with van der Waals surface area (Å²) >= 11 is 0. The van der Waals surface area contributed by atoms with Crippen LogP contribution < -0.4 is 40.1 Å². The third-order valence-corrected chi connectivity index (χ3v) is 0. The average Bonchev–Trinajstić information content (AvgIpc) is 2.27. The molecule has 0 aliphatic carbocycles. The van der Waals surface area contributed by atoms with Crippen molar-refractivity contribution in [1.82, 2.24) is 15.9 Å². The number of hydrogen-bond acceptors (Lipinski definition) is 8. The molecule has 0 fully saturated rings. The number of nitrogens with two attached hydrogens (primary N) is 5. The molecule has 0 saturated carbocycles. The van der Waals surface area contributed by atoms with Gasteiger partial charge in [0, 0.05) is 14.1 Å². The SMILES string of the molecule is C.CC.CC.CN(C)N.CNN.CNN.NN. The summed E-state index contributed by atoms with van der Waals surface area (Å²) < 4.78 is 0. The van der Waals surface area contributed by atoms with Crippen molar-refractivity contribution in [2.75, 3.05) is 28.2 Å². The van der Waals surface area contributed by atoms with Crippen molar-refractivity contribution in [3.05, 3.63) is 0 Å². The summed E-state index contributed by atoms with van der Waals surface area (Å²) in [4.78, 5) is 0. The van der Waals surface area contributed by atoms with Crippen LogP contribution in [0.1, 0.15) is 35.1 Å². The maximum absolute atomic E-state index is 4.94. The highest BCUT2D eigenvalue weighted by molar-refractivity contribution is 4.01. The molecule has 0 saturated heterocycles. The Hall–Kier alpha value is -0.320. The number of nitrogens with zero attached hydrogens (tertiary/aromatic N) is 1. The Morgan fingerprint density at radius 1 is 0.765 bits per heavy atom. The number of nitrogens with one attached hydrogen (secondary N) is 2. The number of rotatable bonds is 0. The first-order valence-corrected chi connectivity index (χ1v) is 5.06. The Morgan fingerprint density at radius 2 is 0.765 bits per heavy atom. The molecule has 8 nitrogen and oxygen atoms in total. The molecule has 8 heteroatoms. The molecule has 0 radical (unpaired) electrons. The van der Waals surface area contributed by atoms with E-state index in [0.29, 0.717) is 0 Å². The molecule has 0 atom stereocenters. The van der Waals surface area contributed by atoms with Gasteiger partial charge in [0.2, 0.25) is 0 Å². The van der Waals surface area contributed by atoms with E-state index in [-0.39, 0.29) is 7.43 Å². The molecule has 0 bridgehead atoms. The first-order chi connectivity index (χ1) is 7.56. The van der Waals surface area contributed by atoms with E-state index < -0.39 is 0 Å². The second-order valence-corrected chi connectivity index (χ2v) is 1.54. The van der Waals surface area contributed by atoms with Gasteiger partial charge in [0.15, 0.2) is 0 Å². The molecule has 0 spiro atoms. The van der Waals surface area contributed by atoms with Gasteiger partial charge in [0.25, 0.3) is 0 Å². The van der Waals surface area contributed by atoms with Gasteiger partial charge in [-0.1, -0.05) is 35.1 Å². The van der Waals surface area contributed by atoms with Gasteiger partial charge in [-0.3, -0.25) is 45.1 Å². The van der Waals surface area contributed by atoms with Crippen LogP contribution in [0.3, 0.4) is 0 Å². The maximum atomic E-state index is 4.94. The fourth-order valence-corrected chi connectivity index (χ4v) is 0. The minimum absolute atomic E-state index is 0. The topological polar surface area (TPSA) is 157 Å². The van der Waals surface area contributed by atoms with E-state index in [4.69, 9.17) is 5.84 Å². The first kappa shape index (κ1) is 43.8. The van der Waals surface area contributed by atoms with E-state index in [1.54, 1.807) is 28.2 Å². The highest BCUT2D eigenvalue weighted by Crippen LogP contribution is 1.37. The second-order valence-electron chi connectivity index (χ2n) is 1.54. The lowest BCUT2D eigenvalue weighted by Crippen LogP contribution is -2.18. The summed E-state index contributed by atoms with van der Waals surface area (Å²) in [5, 5.41) is 1.50. The minimum Gasteiger partial charge on any atom is -0.274 e. The molecule has 0 unspecified atom stereocenters. The Bertz CT molecular complexity index is 33.4. The van der Waals surface area contributed by atoms with Crippen LogP contribution >= 0.6 is 0 Å². The highest BCUT2D eigenvalue weighted by Gasteiger charge is 1.57. The minimum atomic E-state index is 0. The largest absolute Gasteiger partial charge is 0.274 e. The van der Waals surface area contributed by atoms with Crippen LogP contribution in [0.25, 0.3) is 0 Å². The summed E-state index contributed by atoms with van der Waals surface area (Å²) in [6, 6.07) is 0. The van der Waals surface area contributed by atoms with E-state index >= 15 is 0 Å². The molecular weight excluding hydrogens is 220 g/mol. The summed E-state index contributed by atoms with van der Waals surface area (Å²) in [5.41, 5.74) is 4.50. The van der Waals surface area contributed by atoms with Crippen LogP contribution in [-0.2, 0) is 0 Å². The van der Waals surface area contributed by atoms with E-state index in [2.05, 4.69) is 34.2 Å². The molecule has 0 aromatic carbocycles. The van der Waals surface area contributed by atoms with Gasteiger partial charge < -0.3 is 0 Å². The molecule has 0 amide bonds. The molecule has 12 N–H and O–H groups in total. The van der Waals surface area contributed by atoms with Gasteiger partial charge in [0.1, 0.15) is 0 Å². The lowest BCUT2D eigenvalue weighted by Gasteiger charge is -1.91. The van der Waals surface area contributed by atoms with Gasteiger partial charge in [-0.2, -0.15) is 0 Å². The van der Waals surface area contributed by atoms with E-state index in [1.807, 2.05) is 27.7 Å². The lowest BCUT2D eigenvalue weighted by atomic mass is 11.0. The van der Waals surface area contributed by atoms with Crippen LogP contribution in [0, 0.1) is 0 Å². The van der Waals surface area contributed by atoms with E-state index in [1.165, 1.54) is 5.01 Å². The Morgan fingerprint density at radius 3 is 0.765 bits per heavy atom. The van der Waals surface area contributed by atoms with Crippen molar-refractivity contribution in [1.29, 1.82) is 0 Å². The lowest BCUT2D eigenvalue weighted by molar-refractivity contribution is 0.432. The molecular formula is C9H40N8. The smallest absolute Gasteiger partial charge is 0.00105 e. The van der Waals surface area contributed by atoms with Crippen LogP contribution in [0.4, 0.5) is 0 Å². The summed E-state index contributed by atoms with van der Waals surface area (Å²) in [7, 11) is 6.86. The first-order valence-electron chi connectivity index (χ1n) is 5.06. The van der Waals surface area contributed by atoms with Gasteiger partial charge in [-0.25, -0.2) is 0 Å². The predicted molar refractivity (Wildman–Crippen MR) is 82.2 cm³/mol. The molecule has 0 aliphatic rings. The normalized spacial score (nSPS) is 5.29. The molecule has 0 heterocycles. The zero-order chi connectivity index (χ0) is 15.0. The zero-order valence-corrected chi connectivity index (χ0v) is 12.3. The van der Waals surface area contributed by atoms with Crippen molar-refractivity contribution in [2.45, 2.75) is 35.1 Å². The molecule has 0 aliphatic heterocycles. The maximum Gasteiger partial charge on any atom is 0.00105 e. The number of hydrogen-bond donors (Lipinski definition) is 7. The molecule has 17 heavy (non-hydrogen) atoms. The molecule has 0 aromatic rings. The van der Waals surface area contributed by atoms with Crippen molar-refractivity contribution < 1.29 is 0 Å². The Balaban J connectivity index is -0.0000000143. The van der Waals surface area contributed by atoms with Gasteiger partial charge >= 0.3 is 0 Å². The van der Waals surface area contributed by atoms with Crippen molar-refractivity contribution >= 4 is 0 Å².